The van der Waals surface area contributed by atoms with Gasteiger partial charge >= 0.3 is 5.97 Å². The second-order valence-corrected chi connectivity index (χ2v) is 3.34. The molecule has 0 aromatic rings. The summed E-state index contributed by atoms with van der Waals surface area (Å²) in [6, 6.07) is 0.494. The van der Waals surface area contributed by atoms with Crippen LogP contribution in [0.15, 0.2) is 0 Å². The van der Waals surface area contributed by atoms with Gasteiger partial charge in [0.25, 0.3) is 0 Å². The molecule has 1 aliphatic heterocycles. The van der Waals surface area contributed by atoms with Gasteiger partial charge in [-0.05, 0) is 32.2 Å². The number of aliphatic carboxylic acids is 1. The van der Waals surface area contributed by atoms with Crippen molar-refractivity contribution in [2.75, 3.05) is 6.54 Å². The first kappa shape index (κ1) is 8.53. The molecule has 11 heavy (non-hydrogen) atoms. The Hall–Kier alpha value is -0.570. The molecule has 0 saturated carbocycles. The summed E-state index contributed by atoms with van der Waals surface area (Å²) in [5, 5.41) is 11.8. The summed E-state index contributed by atoms with van der Waals surface area (Å²) in [6.07, 6.45) is 2.36. The molecular weight excluding hydrogens is 142 g/mol. The lowest BCUT2D eigenvalue weighted by atomic mass is 9.91. The molecule has 1 aliphatic rings. The van der Waals surface area contributed by atoms with Gasteiger partial charge in [-0.1, -0.05) is 0 Å². The van der Waals surface area contributed by atoms with Crippen molar-refractivity contribution in [1.82, 2.24) is 5.32 Å². The van der Waals surface area contributed by atoms with E-state index in [2.05, 4.69) is 12.2 Å². The van der Waals surface area contributed by atoms with Crippen molar-refractivity contribution in [2.45, 2.75) is 32.2 Å². The maximum atomic E-state index is 10.4. The van der Waals surface area contributed by atoms with Gasteiger partial charge in [-0.3, -0.25) is 4.79 Å². The number of nitrogens with one attached hydrogen (secondary N) is 1. The van der Waals surface area contributed by atoms with Crippen LogP contribution in [0, 0.1) is 5.92 Å². The van der Waals surface area contributed by atoms with E-state index >= 15 is 0 Å². The molecule has 0 radical (unpaired) electrons. The second-order valence-electron chi connectivity index (χ2n) is 3.34. The van der Waals surface area contributed by atoms with Crippen molar-refractivity contribution in [2.24, 2.45) is 5.92 Å². The van der Waals surface area contributed by atoms with E-state index in [4.69, 9.17) is 5.11 Å². The highest BCUT2D eigenvalue weighted by atomic mass is 16.4. The third kappa shape index (κ3) is 2.89. The minimum atomic E-state index is -0.663. The van der Waals surface area contributed by atoms with Gasteiger partial charge in [-0.2, -0.15) is 0 Å². The zero-order valence-corrected chi connectivity index (χ0v) is 6.84. The van der Waals surface area contributed by atoms with E-state index in [1.165, 1.54) is 0 Å². The molecular formula is C8H15NO2. The molecule has 1 fully saturated rings. The van der Waals surface area contributed by atoms with Crippen molar-refractivity contribution >= 4 is 5.97 Å². The monoisotopic (exact) mass is 157 g/mol. The summed E-state index contributed by atoms with van der Waals surface area (Å²) in [5.41, 5.74) is 0. The zero-order valence-electron chi connectivity index (χ0n) is 6.84. The summed E-state index contributed by atoms with van der Waals surface area (Å²) in [5.74, 6) is -0.271. The maximum absolute atomic E-state index is 10.4. The van der Waals surface area contributed by atoms with Crippen LogP contribution in [-0.4, -0.2) is 23.7 Å². The number of hydrogen-bond acceptors (Lipinski definition) is 2. The maximum Gasteiger partial charge on any atom is 0.303 e. The smallest absolute Gasteiger partial charge is 0.303 e. The van der Waals surface area contributed by atoms with Crippen LogP contribution in [0.4, 0.5) is 0 Å². The van der Waals surface area contributed by atoms with Gasteiger partial charge in [-0.15, -0.1) is 0 Å². The van der Waals surface area contributed by atoms with Crippen molar-refractivity contribution < 1.29 is 9.90 Å². The SMILES string of the molecule is CC1CC(CC(=O)O)CCN1. The minimum absolute atomic E-state index is 0.339. The Morgan fingerprint density at radius 3 is 3.00 bits per heavy atom. The van der Waals surface area contributed by atoms with Crippen molar-refractivity contribution in [1.29, 1.82) is 0 Å². The molecule has 0 bridgehead atoms. The highest BCUT2D eigenvalue weighted by Crippen LogP contribution is 2.18. The fourth-order valence-electron chi connectivity index (χ4n) is 1.67. The molecule has 3 heteroatoms. The van der Waals surface area contributed by atoms with Crippen LogP contribution in [0.3, 0.4) is 0 Å². The quantitative estimate of drug-likeness (QED) is 0.624. The molecule has 0 amide bonds. The Morgan fingerprint density at radius 1 is 1.73 bits per heavy atom. The Bertz CT molecular complexity index is 147. The van der Waals surface area contributed by atoms with Gasteiger partial charge in [0.15, 0.2) is 0 Å². The Labute approximate surface area is 66.8 Å². The molecule has 2 atom stereocenters. The third-order valence-electron chi connectivity index (χ3n) is 2.20. The molecule has 0 aromatic carbocycles. The van der Waals surface area contributed by atoms with Gasteiger partial charge in [-0.25, -0.2) is 0 Å². The summed E-state index contributed by atoms with van der Waals surface area (Å²) in [4.78, 5) is 10.4. The van der Waals surface area contributed by atoms with E-state index in [0.717, 1.165) is 19.4 Å². The molecule has 0 aromatic heterocycles. The lowest BCUT2D eigenvalue weighted by Crippen LogP contribution is -2.36. The predicted molar refractivity (Wildman–Crippen MR) is 42.4 cm³/mol. The Kier molecular flexibility index (Phi) is 2.88. The molecule has 3 nitrogen and oxygen atoms in total. The van der Waals surface area contributed by atoms with E-state index in [9.17, 15) is 4.79 Å². The average molecular weight is 157 g/mol. The first-order valence-electron chi connectivity index (χ1n) is 4.13. The van der Waals surface area contributed by atoms with E-state index in [1.54, 1.807) is 0 Å². The minimum Gasteiger partial charge on any atom is -0.481 e. The highest BCUT2D eigenvalue weighted by molar-refractivity contribution is 5.67. The molecule has 2 unspecified atom stereocenters. The number of rotatable bonds is 2. The van der Waals surface area contributed by atoms with Crippen LogP contribution in [0.25, 0.3) is 0 Å². The average Bonchev–Trinajstić information content (AvgIpc) is 1.85. The first-order chi connectivity index (χ1) is 5.18. The van der Waals surface area contributed by atoms with Gasteiger partial charge in [0.05, 0.1) is 0 Å². The highest BCUT2D eigenvalue weighted by Gasteiger charge is 2.20. The van der Waals surface area contributed by atoms with Crippen molar-refractivity contribution in [3.63, 3.8) is 0 Å². The fourth-order valence-corrected chi connectivity index (χ4v) is 1.67. The van der Waals surface area contributed by atoms with Crippen LogP contribution in [0.1, 0.15) is 26.2 Å². The van der Waals surface area contributed by atoms with Crippen LogP contribution in [0.2, 0.25) is 0 Å². The Balaban J connectivity index is 2.28. The first-order valence-corrected chi connectivity index (χ1v) is 4.13. The second kappa shape index (κ2) is 3.72. The number of hydrogen-bond donors (Lipinski definition) is 2. The van der Waals surface area contributed by atoms with E-state index in [0.29, 0.717) is 18.4 Å². The lowest BCUT2D eigenvalue weighted by molar-refractivity contribution is -0.138. The molecule has 0 spiro atoms. The van der Waals surface area contributed by atoms with Gasteiger partial charge in [0.1, 0.15) is 0 Å². The number of carboxylic acids is 1. The van der Waals surface area contributed by atoms with Crippen LogP contribution >= 0.6 is 0 Å². The largest absolute Gasteiger partial charge is 0.481 e. The lowest BCUT2D eigenvalue weighted by Gasteiger charge is -2.26. The van der Waals surface area contributed by atoms with E-state index < -0.39 is 5.97 Å². The van der Waals surface area contributed by atoms with Crippen LogP contribution in [0.5, 0.6) is 0 Å². The molecule has 0 aliphatic carbocycles. The van der Waals surface area contributed by atoms with Crippen molar-refractivity contribution in [3.8, 4) is 0 Å². The molecule has 64 valence electrons. The fraction of sp³-hybridized carbons (Fsp3) is 0.875. The Morgan fingerprint density at radius 2 is 2.45 bits per heavy atom. The van der Waals surface area contributed by atoms with Crippen molar-refractivity contribution in [3.05, 3.63) is 0 Å². The standard InChI is InChI=1S/C8H15NO2/c1-6-4-7(2-3-9-6)5-8(10)11/h6-7,9H,2-5H2,1H3,(H,10,11). The number of carboxylic acid groups (broad SMARTS) is 1. The molecule has 1 saturated heterocycles. The third-order valence-corrected chi connectivity index (χ3v) is 2.20. The topological polar surface area (TPSA) is 49.3 Å². The number of carbonyl (C=O) groups is 1. The zero-order chi connectivity index (χ0) is 8.27. The van der Waals surface area contributed by atoms with Gasteiger partial charge < -0.3 is 10.4 Å². The summed E-state index contributed by atoms with van der Waals surface area (Å²) >= 11 is 0. The predicted octanol–water partition coefficient (Wildman–Crippen LogP) is 0.849. The van der Waals surface area contributed by atoms with E-state index in [1.807, 2.05) is 0 Å². The van der Waals surface area contributed by atoms with Gasteiger partial charge in [0, 0.05) is 12.5 Å². The summed E-state index contributed by atoms with van der Waals surface area (Å²) < 4.78 is 0. The summed E-state index contributed by atoms with van der Waals surface area (Å²) in [6.45, 7) is 3.08. The summed E-state index contributed by atoms with van der Waals surface area (Å²) in [7, 11) is 0. The molecule has 1 heterocycles. The number of piperidine rings is 1. The molecule has 1 rings (SSSR count). The normalized spacial score (nSPS) is 31.7. The van der Waals surface area contributed by atoms with Crippen LogP contribution < -0.4 is 5.32 Å². The van der Waals surface area contributed by atoms with Crippen LogP contribution in [-0.2, 0) is 4.79 Å². The molecule has 2 N–H and O–H groups in total. The van der Waals surface area contributed by atoms with Gasteiger partial charge in [0.2, 0.25) is 0 Å². The van der Waals surface area contributed by atoms with E-state index in [-0.39, 0.29) is 0 Å².